The van der Waals surface area contributed by atoms with Crippen LogP contribution >= 0.6 is 23.2 Å². The van der Waals surface area contributed by atoms with Crippen molar-refractivity contribution in [1.29, 1.82) is 0 Å². The molecule has 3 rings (SSSR count). The van der Waals surface area contributed by atoms with Crippen LogP contribution in [0.3, 0.4) is 0 Å². The fraction of sp³-hybridized carbons (Fsp3) is 0.310. The van der Waals surface area contributed by atoms with Crippen LogP contribution in [-0.4, -0.2) is 44.3 Å². The Morgan fingerprint density at radius 3 is 2.10 bits per heavy atom. The van der Waals surface area contributed by atoms with Crippen LogP contribution < -0.4 is 9.62 Å². The molecule has 0 aliphatic rings. The summed E-state index contributed by atoms with van der Waals surface area (Å²) in [4.78, 5) is 28.4. The van der Waals surface area contributed by atoms with Gasteiger partial charge in [-0.25, -0.2) is 8.42 Å². The number of amides is 2. The highest BCUT2D eigenvalue weighted by Gasteiger charge is 2.33. The first-order valence-electron chi connectivity index (χ1n) is 12.6. The van der Waals surface area contributed by atoms with Crippen molar-refractivity contribution < 1.29 is 18.0 Å². The highest BCUT2D eigenvalue weighted by atomic mass is 35.5. The number of nitrogens with one attached hydrogen (secondary N) is 1. The molecule has 0 radical (unpaired) electrons. The molecule has 10 heteroatoms. The minimum Gasteiger partial charge on any atom is -0.354 e. The van der Waals surface area contributed by atoms with E-state index in [4.69, 9.17) is 23.2 Å². The molecule has 0 spiro atoms. The summed E-state index contributed by atoms with van der Waals surface area (Å²) in [5.74, 6) is -0.747. The molecule has 3 aromatic carbocycles. The van der Waals surface area contributed by atoms with Crippen molar-refractivity contribution in [2.45, 2.75) is 45.2 Å². The molecule has 0 fully saturated rings. The maximum Gasteiger partial charge on any atom is 0.264 e. The molecule has 0 aliphatic carbocycles. The van der Waals surface area contributed by atoms with E-state index in [1.807, 2.05) is 26.8 Å². The predicted molar refractivity (Wildman–Crippen MR) is 156 cm³/mol. The number of carbonyl (C=O) groups excluding carboxylic acids is 2. The Balaban J connectivity index is 2.04. The lowest BCUT2D eigenvalue weighted by Crippen LogP contribution is -2.51. The molecule has 0 saturated carbocycles. The van der Waals surface area contributed by atoms with Crippen LogP contribution in [0.2, 0.25) is 10.0 Å². The second kappa shape index (κ2) is 13.3. The summed E-state index contributed by atoms with van der Waals surface area (Å²) in [6.07, 6.45) is 0. The number of anilines is 1. The fourth-order valence-corrected chi connectivity index (χ4v) is 5.86. The zero-order valence-electron chi connectivity index (χ0n) is 22.4. The summed E-state index contributed by atoms with van der Waals surface area (Å²) in [6.45, 7) is 7.17. The van der Waals surface area contributed by atoms with Gasteiger partial charge >= 0.3 is 0 Å². The SMILES string of the molecule is Cc1cccc(N(CC(=O)N(Cc2c(Cl)cccc2Cl)[C@@H](C)C(=O)NCC(C)C)S(=O)(=O)c2ccccc2)c1. The van der Waals surface area contributed by atoms with Crippen LogP contribution in [0.15, 0.2) is 77.7 Å². The molecule has 0 aromatic heterocycles. The van der Waals surface area contributed by atoms with Crippen LogP contribution in [0.25, 0.3) is 0 Å². The van der Waals surface area contributed by atoms with Crippen molar-refractivity contribution in [3.8, 4) is 0 Å². The minimum absolute atomic E-state index is 0.0442. The van der Waals surface area contributed by atoms with Crippen LogP contribution in [-0.2, 0) is 26.2 Å². The third-order valence-electron chi connectivity index (χ3n) is 6.14. The predicted octanol–water partition coefficient (Wildman–Crippen LogP) is 5.69. The van der Waals surface area contributed by atoms with Gasteiger partial charge in [-0.1, -0.05) is 73.4 Å². The lowest BCUT2D eigenvalue weighted by molar-refractivity contribution is -0.139. The molecule has 39 heavy (non-hydrogen) atoms. The standard InChI is InChI=1S/C29H33Cl2N3O4S/c1-20(2)17-32-29(36)22(4)33(18-25-26(30)14-9-15-27(25)31)28(35)19-34(23-11-8-10-21(3)16-23)39(37,38)24-12-6-5-7-13-24/h5-16,20,22H,17-19H2,1-4H3,(H,32,36)/t22-/m0/s1. The Hall–Kier alpha value is -3.07. The molecule has 0 aliphatic heterocycles. The van der Waals surface area contributed by atoms with E-state index in [0.29, 0.717) is 27.8 Å². The Morgan fingerprint density at radius 2 is 1.51 bits per heavy atom. The monoisotopic (exact) mass is 589 g/mol. The molecule has 0 unspecified atom stereocenters. The van der Waals surface area contributed by atoms with Gasteiger partial charge < -0.3 is 10.2 Å². The van der Waals surface area contributed by atoms with Crippen LogP contribution in [0.1, 0.15) is 31.9 Å². The topological polar surface area (TPSA) is 86.8 Å². The lowest BCUT2D eigenvalue weighted by Gasteiger charge is -2.32. The Labute approximate surface area is 240 Å². The summed E-state index contributed by atoms with van der Waals surface area (Å²) < 4.78 is 28.6. The van der Waals surface area contributed by atoms with Crippen LogP contribution in [0.5, 0.6) is 0 Å². The van der Waals surface area contributed by atoms with E-state index in [-0.39, 0.29) is 23.3 Å². The van der Waals surface area contributed by atoms with Gasteiger partial charge in [0.15, 0.2) is 0 Å². The molecule has 0 heterocycles. The summed E-state index contributed by atoms with van der Waals surface area (Å²) in [5, 5.41) is 3.52. The lowest BCUT2D eigenvalue weighted by atomic mass is 10.1. The zero-order valence-corrected chi connectivity index (χ0v) is 24.7. The molecular formula is C29H33Cl2N3O4S. The Morgan fingerprint density at radius 1 is 0.897 bits per heavy atom. The van der Waals surface area contributed by atoms with Crippen LogP contribution in [0, 0.1) is 12.8 Å². The van der Waals surface area contributed by atoms with Gasteiger partial charge in [0.2, 0.25) is 11.8 Å². The van der Waals surface area contributed by atoms with Crippen molar-refractivity contribution in [2.24, 2.45) is 5.92 Å². The van der Waals surface area contributed by atoms with Gasteiger partial charge in [-0.15, -0.1) is 0 Å². The largest absolute Gasteiger partial charge is 0.354 e. The Kier molecular flexibility index (Phi) is 10.4. The number of aryl methyl sites for hydroxylation is 1. The molecule has 7 nitrogen and oxygen atoms in total. The summed E-state index contributed by atoms with van der Waals surface area (Å²) >= 11 is 12.8. The van der Waals surface area contributed by atoms with E-state index in [0.717, 1.165) is 9.87 Å². The number of nitrogens with zero attached hydrogens (tertiary/aromatic N) is 2. The van der Waals surface area contributed by atoms with Gasteiger partial charge in [-0.3, -0.25) is 13.9 Å². The average molecular weight is 591 g/mol. The van der Waals surface area contributed by atoms with Crippen molar-refractivity contribution in [1.82, 2.24) is 10.2 Å². The number of hydrogen-bond acceptors (Lipinski definition) is 4. The number of carbonyl (C=O) groups is 2. The minimum atomic E-state index is -4.12. The van der Waals surface area contributed by atoms with Crippen molar-refractivity contribution in [2.75, 3.05) is 17.4 Å². The third-order valence-corrected chi connectivity index (χ3v) is 8.64. The van der Waals surface area contributed by atoms with Gasteiger partial charge in [0.05, 0.1) is 10.6 Å². The zero-order chi connectivity index (χ0) is 28.7. The van der Waals surface area contributed by atoms with Gasteiger partial charge in [0.1, 0.15) is 12.6 Å². The first-order valence-corrected chi connectivity index (χ1v) is 14.8. The maximum atomic E-state index is 14.0. The van der Waals surface area contributed by atoms with Gasteiger partial charge in [-0.2, -0.15) is 0 Å². The molecular weight excluding hydrogens is 557 g/mol. The first-order chi connectivity index (χ1) is 18.4. The molecule has 2 amide bonds. The number of benzene rings is 3. The fourth-order valence-electron chi connectivity index (χ4n) is 3.92. The van der Waals surface area contributed by atoms with Crippen molar-refractivity contribution in [3.05, 3.63) is 94.0 Å². The van der Waals surface area contributed by atoms with E-state index >= 15 is 0 Å². The average Bonchev–Trinajstić information content (AvgIpc) is 2.90. The highest BCUT2D eigenvalue weighted by Crippen LogP contribution is 2.28. The van der Waals surface area contributed by atoms with E-state index in [1.54, 1.807) is 61.5 Å². The van der Waals surface area contributed by atoms with Crippen molar-refractivity contribution >= 4 is 50.7 Å². The normalized spacial score (nSPS) is 12.2. The Bertz CT molecular complexity index is 1390. The van der Waals surface area contributed by atoms with E-state index in [1.165, 1.54) is 17.0 Å². The van der Waals surface area contributed by atoms with Gasteiger partial charge in [-0.05, 0) is 61.7 Å². The first kappa shape index (κ1) is 30.5. The van der Waals surface area contributed by atoms with Crippen molar-refractivity contribution in [3.63, 3.8) is 0 Å². The van der Waals surface area contributed by atoms with Gasteiger partial charge in [0, 0.05) is 28.7 Å². The summed E-state index contributed by atoms with van der Waals surface area (Å²) in [5.41, 5.74) is 1.62. The second-order valence-electron chi connectivity index (χ2n) is 9.70. The van der Waals surface area contributed by atoms with Crippen LogP contribution in [0.4, 0.5) is 5.69 Å². The quantitative estimate of drug-likeness (QED) is 0.311. The smallest absolute Gasteiger partial charge is 0.264 e. The molecule has 1 atom stereocenters. The molecule has 0 bridgehead atoms. The number of sulfonamides is 1. The maximum absolute atomic E-state index is 14.0. The van der Waals surface area contributed by atoms with Gasteiger partial charge in [0.25, 0.3) is 10.0 Å². The van der Waals surface area contributed by atoms with E-state index in [2.05, 4.69) is 5.32 Å². The van der Waals surface area contributed by atoms with E-state index in [9.17, 15) is 18.0 Å². The molecule has 1 N–H and O–H groups in total. The van der Waals surface area contributed by atoms with E-state index < -0.39 is 28.5 Å². The number of hydrogen-bond donors (Lipinski definition) is 1. The molecule has 0 saturated heterocycles. The third kappa shape index (κ3) is 7.75. The molecule has 3 aromatic rings. The number of halogens is 2. The number of rotatable bonds is 11. The molecule has 208 valence electrons. The highest BCUT2D eigenvalue weighted by molar-refractivity contribution is 7.92. The summed E-state index contributed by atoms with van der Waals surface area (Å²) in [6, 6.07) is 18.9. The summed E-state index contributed by atoms with van der Waals surface area (Å²) in [7, 11) is -4.12. The second-order valence-corrected chi connectivity index (χ2v) is 12.4.